The average Bonchev–Trinajstić information content (AvgIpc) is 2.52. The first kappa shape index (κ1) is 18.7. The van der Waals surface area contributed by atoms with Crippen LogP contribution >= 0.6 is 11.6 Å². The number of carbonyl (C=O) groups is 1. The molecule has 6 heteroatoms. The third-order valence-electron chi connectivity index (χ3n) is 4.01. The Balaban J connectivity index is 1.77. The van der Waals surface area contributed by atoms with Crippen molar-refractivity contribution in [3.8, 4) is 5.75 Å². The Morgan fingerprint density at radius 2 is 2.00 bits per heavy atom. The first-order chi connectivity index (χ1) is 11.3. The Hall–Kier alpha value is -1.62. The lowest BCUT2D eigenvalue weighted by Crippen LogP contribution is -2.42. The summed E-state index contributed by atoms with van der Waals surface area (Å²) in [4.78, 5) is 13.9. The number of likely N-dealkylation sites (tertiary alicyclic amines) is 1. The highest BCUT2D eigenvalue weighted by Crippen LogP contribution is 2.28. The maximum absolute atomic E-state index is 12.1. The summed E-state index contributed by atoms with van der Waals surface area (Å²) >= 11 is 6.13. The van der Waals surface area contributed by atoms with E-state index in [9.17, 15) is 4.79 Å². The van der Waals surface area contributed by atoms with Crippen molar-refractivity contribution in [3.05, 3.63) is 23.2 Å². The molecule has 0 radical (unpaired) electrons. The van der Waals surface area contributed by atoms with Gasteiger partial charge in [0.2, 0.25) is 0 Å². The number of nitrogens with one attached hydrogen (secondary N) is 1. The van der Waals surface area contributed by atoms with Crippen molar-refractivity contribution in [2.75, 3.05) is 32.1 Å². The summed E-state index contributed by atoms with van der Waals surface area (Å²) in [6.45, 7) is 8.02. The predicted molar refractivity (Wildman–Crippen MR) is 97.0 cm³/mol. The van der Waals surface area contributed by atoms with E-state index in [1.165, 1.54) is 0 Å². The first-order valence-electron chi connectivity index (χ1n) is 8.34. The number of carbonyl (C=O) groups excluding carboxylic acids is 1. The van der Waals surface area contributed by atoms with E-state index in [-0.39, 0.29) is 6.09 Å². The summed E-state index contributed by atoms with van der Waals surface area (Å²) in [6.07, 6.45) is 1.72. The molecule has 0 bridgehead atoms. The van der Waals surface area contributed by atoms with Crippen molar-refractivity contribution in [1.29, 1.82) is 0 Å². The van der Waals surface area contributed by atoms with Crippen LogP contribution < -0.4 is 10.1 Å². The number of rotatable bonds is 4. The molecule has 0 aliphatic carbocycles. The van der Waals surface area contributed by atoms with E-state index in [0.29, 0.717) is 16.7 Å². The Morgan fingerprint density at radius 3 is 2.54 bits per heavy atom. The second-order valence-corrected chi connectivity index (χ2v) is 7.55. The monoisotopic (exact) mass is 354 g/mol. The minimum atomic E-state index is -0.441. The van der Waals surface area contributed by atoms with Crippen LogP contribution in [0, 0.1) is 5.92 Å². The fraction of sp³-hybridized carbons (Fsp3) is 0.611. The third-order valence-corrected chi connectivity index (χ3v) is 4.31. The molecule has 0 spiro atoms. The number of benzene rings is 1. The molecule has 1 N–H and O–H groups in total. The molecule has 1 aliphatic heterocycles. The van der Waals surface area contributed by atoms with Gasteiger partial charge >= 0.3 is 6.09 Å². The molecule has 1 fully saturated rings. The summed E-state index contributed by atoms with van der Waals surface area (Å²) < 4.78 is 10.6. The minimum Gasteiger partial charge on any atom is -0.495 e. The van der Waals surface area contributed by atoms with E-state index < -0.39 is 5.60 Å². The number of nitrogens with zero attached hydrogens (tertiary/aromatic N) is 1. The normalized spacial score (nSPS) is 16.0. The largest absolute Gasteiger partial charge is 0.495 e. The lowest BCUT2D eigenvalue weighted by molar-refractivity contribution is 0.0188. The minimum absolute atomic E-state index is 0.212. The highest BCUT2D eigenvalue weighted by atomic mass is 35.5. The van der Waals surface area contributed by atoms with Crippen molar-refractivity contribution in [2.45, 2.75) is 39.2 Å². The van der Waals surface area contributed by atoms with Crippen molar-refractivity contribution < 1.29 is 14.3 Å². The second kappa shape index (κ2) is 7.97. The highest BCUT2D eigenvalue weighted by molar-refractivity contribution is 6.32. The molecule has 134 valence electrons. The Morgan fingerprint density at radius 1 is 1.33 bits per heavy atom. The lowest BCUT2D eigenvalue weighted by Gasteiger charge is -2.33. The zero-order valence-electron chi connectivity index (χ0n) is 14.9. The molecule has 1 aromatic carbocycles. The molecule has 0 unspecified atom stereocenters. The van der Waals surface area contributed by atoms with Gasteiger partial charge in [0.1, 0.15) is 11.4 Å². The van der Waals surface area contributed by atoms with Gasteiger partial charge in [0.25, 0.3) is 0 Å². The Bertz CT molecular complexity index is 564. The van der Waals surface area contributed by atoms with Crippen LogP contribution in [0.5, 0.6) is 5.75 Å². The number of anilines is 1. The maximum atomic E-state index is 12.1. The summed E-state index contributed by atoms with van der Waals surface area (Å²) in [6, 6.07) is 5.69. The number of amides is 1. The van der Waals surface area contributed by atoms with Gasteiger partial charge < -0.3 is 19.7 Å². The molecule has 1 aliphatic rings. The SMILES string of the molecule is COc1ccc(NCC2CCN(C(=O)OC(C)(C)C)CC2)cc1Cl. The van der Waals surface area contributed by atoms with Crippen LogP contribution in [0.1, 0.15) is 33.6 Å². The highest BCUT2D eigenvalue weighted by Gasteiger charge is 2.26. The molecule has 2 rings (SSSR count). The van der Waals surface area contributed by atoms with Gasteiger partial charge in [-0.05, 0) is 57.7 Å². The van der Waals surface area contributed by atoms with Gasteiger partial charge in [-0.25, -0.2) is 4.79 Å². The molecule has 1 amide bonds. The lowest BCUT2D eigenvalue weighted by atomic mass is 9.97. The molecule has 0 aromatic heterocycles. The number of hydrogen-bond donors (Lipinski definition) is 1. The van der Waals surface area contributed by atoms with Gasteiger partial charge in [-0.3, -0.25) is 0 Å². The summed E-state index contributed by atoms with van der Waals surface area (Å²) in [5.74, 6) is 1.21. The number of hydrogen-bond acceptors (Lipinski definition) is 4. The van der Waals surface area contributed by atoms with Crippen LogP contribution in [0.4, 0.5) is 10.5 Å². The van der Waals surface area contributed by atoms with Crippen molar-refractivity contribution in [3.63, 3.8) is 0 Å². The molecule has 0 atom stereocenters. The smallest absolute Gasteiger partial charge is 0.410 e. The van der Waals surface area contributed by atoms with Crippen LogP contribution in [-0.2, 0) is 4.74 Å². The van der Waals surface area contributed by atoms with Crippen molar-refractivity contribution in [1.82, 2.24) is 4.90 Å². The first-order valence-corrected chi connectivity index (χ1v) is 8.71. The van der Waals surface area contributed by atoms with E-state index in [0.717, 1.165) is 38.2 Å². The van der Waals surface area contributed by atoms with Crippen molar-refractivity contribution >= 4 is 23.4 Å². The van der Waals surface area contributed by atoms with Crippen LogP contribution in [-0.4, -0.2) is 43.3 Å². The number of ether oxygens (including phenoxy) is 2. The average molecular weight is 355 g/mol. The Kier molecular flexibility index (Phi) is 6.21. The van der Waals surface area contributed by atoms with Gasteiger partial charge in [-0.1, -0.05) is 11.6 Å². The molecule has 0 saturated carbocycles. The molecule has 24 heavy (non-hydrogen) atoms. The van der Waals surface area contributed by atoms with Gasteiger partial charge in [-0.2, -0.15) is 0 Å². The van der Waals surface area contributed by atoms with Gasteiger partial charge in [-0.15, -0.1) is 0 Å². The van der Waals surface area contributed by atoms with Crippen LogP contribution in [0.3, 0.4) is 0 Å². The van der Waals surface area contributed by atoms with Crippen LogP contribution in [0.2, 0.25) is 5.02 Å². The molecule has 1 aromatic rings. The standard InChI is InChI=1S/C18H27ClN2O3/c1-18(2,3)24-17(22)21-9-7-13(8-10-21)12-20-14-5-6-16(23-4)15(19)11-14/h5-6,11,13,20H,7-10,12H2,1-4H3. The van der Waals surface area contributed by atoms with E-state index in [4.69, 9.17) is 21.1 Å². The maximum Gasteiger partial charge on any atom is 0.410 e. The van der Waals surface area contributed by atoms with Gasteiger partial charge in [0.15, 0.2) is 0 Å². The summed E-state index contributed by atoms with van der Waals surface area (Å²) in [5, 5.41) is 4.01. The topological polar surface area (TPSA) is 50.8 Å². The van der Waals surface area contributed by atoms with Crippen LogP contribution in [0.15, 0.2) is 18.2 Å². The van der Waals surface area contributed by atoms with Crippen LogP contribution in [0.25, 0.3) is 0 Å². The summed E-state index contributed by atoms with van der Waals surface area (Å²) in [5.41, 5.74) is 0.540. The quantitative estimate of drug-likeness (QED) is 0.870. The number of methoxy groups -OCH3 is 1. The van der Waals surface area contributed by atoms with E-state index in [1.54, 1.807) is 12.0 Å². The fourth-order valence-corrected chi connectivity index (χ4v) is 2.94. The molecule has 1 heterocycles. The number of halogens is 1. The van der Waals surface area contributed by atoms with Gasteiger partial charge in [0, 0.05) is 25.3 Å². The van der Waals surface area contributed by atoms with Gasteiger partial charge in [0.05, 0.1) is 12.1 Å². The number of piperidine rings is 1. The second-order valence-electron chi connectivity index (χ2n) is 7.14. The zero-order valence-corrected chi connectivity index (χ0v) is 15.7. The Labute approximate surface area is 149 Å². The van der Waals surface area contributed by atoms with Crippen molar-refractivity contribution in [2.24, 2.45) is 5.92 Å². The molecular weight excluding hydrogens is 328 g/mol. The van der Waals surface area contributed by atoms with E-state index in [1.807, 2.05) is 39.0 Å². The molecule has 1 saturated heterocycles. The van der Waals surface area contributed by atoms with E-state index in [2.05, 4.69) is 5.32 Å². The zero-order chi connectivity index (χ0) is 17.7. The molecular formula is C18H27ClN2O3. The predicted octanol–water partition coefficient (Wildman–Crippen LogP) is 4.41. The van der Waals surface area contributed by atoms with E-state index >= 15 is 0 Å². The molecule has 5 nitrogen and oxygen atoms in total. The third kappa shape index (κ3) is 5.48. The summed E-state index contributed by atoms with van der Waals surface area (Å²) in [7, 11) is 1.60. The fourth-order valence-electron chi connectivity index (χ4n) is 2.68.